The lowest BCUT2D eigenvalue weighted by atomic mass is 10.1. The third-order valence-corrected chi connectivity index (χ3v) is 4.35. The molecule has 0 bridgehead atoms. The van der Waals surface area contributed by atoms with Crippen LogP contribution in [0.2, 0.25) is 0 Å². The second-order valence-electron chi connectivity index (χ2n) is 6.17. The monoisotopic (exact) mass is 331 g/mol. The van der Waals surface area contributed by atoms with Crippen LogP contribution >= 0.6 is 0 Å². The summed E-state index contributed by atoms with van der Waals surface area (Å²) in [5.41, 5.74) is 0.777. The predicted octanol–water partition coefficient (Wildman–Crippen LogP) is 2.79. The molecule has 0 N–H and O–H groups in total. The summed E-state index contributed by atoms with van der Waals surface area (Å²) >= 11 is 0. The number of rotatable bonds is 6. The predicted molar refractivity (Wildman–Crippen MR) is 87.7 cm³/mol. The van der Waals surface area contributed by atoms with E-state index >= 15 is 0 Å². The van der Waals surface area contributed by atoms with E-state index in [0.29, 0.717) is 13.1 Å². The summed E-state index contributed by atoms with van der Waals surface area (Å²) in [4.78, 5) is 18.7. The van der Waals surface area contributed by atoms with Gasteiger partial charge in [0, 0.05) is 32.1 Å². The Morgan fingerprint density at radius 3 is 3.08 bits per heavy atom. The molecule has 5 nitrogen and oxygen atoms in total. The third kappa shape index (κ3) is 4.00. The van der Waals surface area contributed by atoms with Crippen LogP contribution in [0.1, 0.15) is 31.4 Å². The highest BCUT2D eigenvalue weighted by Gasteiger charge is 2.26. The summed E-state index contributed by atoms with van der Waals surface area (Å²) in [7, 11) is 0. The number of nitrogens with zero attached hydrogens (tertiary/aromatic N) is 3. The largest absolute Gasteiger partial charge is 0.376 e. The highest BCUT2D eigenvalue weighted by atomic mass is 19.1. The molecular formula is C18H22FN3O2. The van der Waals surface area contributed by atoms with Crippen LogP contribution in [0.5, 0.6) is 0 Å². The number of halogens is 1. The first-order chi connectivity index (χ1) is 11.6. The van der Waals surface area contributed by atoms with Crippen LogP contribution in [0, 0.1) is 5.82 Å². The lowest BCUT2D eigenvalue weighted by molar-refractivity contribution is -0.136. The molecule has 1 fully saturated rings. The maximum Gasteiger partial charge on any atom is 0.245 e. The fourth-order valence-electron chi connectivity index (χ4n) is 3.01. The number of hydrogen-bond acceptors (Lipinski definition) is 3. The van der Waals surface area contributed by atoms with Crippen LogP contribution in [-0.2, 0) is 16.1 Å². The molecule has 1 aliphatic heterocycles. The smallest absolute Gasteiger partial charge is 0.245 e. The van der Waals surface area contributed by atoms with Crippen molar-refractivity contribution in [1.82, 2.24) is 14.5 Å². The van der Waals surface area contributed by atoms with Gasteiger partial charge in [-0.25, -0.2) is 9.37 Å². The minimum atomic E-state index is -0.359. The van der Waals surface area contributed by atoms with E-state index in [1.165, 1.54) is 12.1 Å². The van der Waals surface area contributed by atoms with Gasteiger partial charge in [-0.3, -0.25) is 4.79 Å². The summed E-state index contributed by atoms with van der Waals surface area (Å²) in [5.74, 6) is -0.313. The molecular weight excluding hydrogens is 309 g/mol. The maximum absolute atomic E-state index is 13.5. The quantitative estimate of drug-likeness (QED) is 0.818. The molecule has 6 heteroatoms. The summed E-state index contributed by atoms with van der Waals surface area (Å²) < 4.78 is 20.9. The molecule has 0 radical (unpaired) electrons. The lowest BCUT2D eigenvalue weighted by Crippen LogP contribution is -2.40. The fraction of sp³-hybridized carbons (Fsp3) is 0.444. The van der Waals surface area contributed by atoms with Gasteiger partial charge in [-0.2, -0.15) is 0 Å². The molecule has 3 rings (SSSR count). The lowest BCUT2D eigenvalue weighted by Gasteiger charge is -2.28. The first-order valence-corrected chi connectivity index (χ1v) is 8.26. The van der Waals surface area contributed by atoms with E-state index in [0.717, 1.165) is 25.0 Å². The standard InChI is InChI=1S/C18H22FN3O2/c1-14(21-8-7-20-13-21)18(23)22(12-17-6-3-9-24-17)11-15-4-2-5-16(19)10-15/h2,4-5,7-8,10,13-14,17H,3,6,9,11-12H2,1H3/t14-,17-/m0/s1. The normalized spacial score (nSPS) is 18.5. The molecule has 1 aromatic carbocycles. The van der Waals surface area contributed by atoms with Gasteiger partial charge in [0.15, 0.2) is 0 Å². The molecule has 0 saturated carbocycles. The average molecular weight is 331 g/mol. The topological polar surface area (TPSA) is 47.4 Å². The van der Waals surface area contributed by atoms with E-state index in [2.05, 4.69) is 4.98 Å². The SMILES string of the molecule is C[C@@H](C(=O)N(Cc1cccc(F)c1)C[C@@H]1CCCO1)n1ccnc1. The van der Waals surface area contributed by atoms with Gasteiger partial charge >= 0.3 is 0 Å². The molecule has 0 unspecified atom stereocenters. The van der Waals surface area contributed by atoms with Gasteiger partial charge in [0.2, 0.25) is 5.91 Å². The van der Waals surface area contributed by atoms with Crippen molar-refractivity contribution < 1.29 is 13.9 Å². The molecule has 1 amide bonds. The number of aromatic nitrogens is 2. The van der Waals surface area contributed by atoms with E-state index in [1.54, 1.807) is 34.3 Å². The van der Waals surface area contributed by atoms with E-state index in [4.69, 9.17) is 4.74 Å². The number of ether oxygens (including phenoxy) is 1. The Kier molecular flexibility index (Phi) is 5.25. The van der Waals surface area contributed by atoms with Gasteiger partial charge in [0.1, 0.15) is 11.9 Å². The molecule has 0 spiro atoms. The van der Waals surface area contributed by atoms with Crippen molar-refractivity contribution in [1.29, 1.82) is 0 Å². The van der Waals surface area contributed by atoms with Crippen LogP contribution in [0.15, 0.2) is 43.0 Å². The Hall–Kier alpha value is -2.21. The number of benzene rings is 1. The van der Waals surface area contributed by atoms with Gasteiger partial charge in [-0.1, -0.05) is 12.1 Å². The Morgan fingerprint density at radius 1 is 1.54 bits per heavy atom. The van der Waals surface area contributed by atoms with Crippen molar-refractivity contribution in [2.45, 2.75) is 38.5 Å². The Bertz CT molecular complexity index is 669. The van der Waals surface area contributed by atoms with Gasteiger partial charge < -0.3 is 14.2 Å². The second kappa shape index (κ2) is 7.57. The fourth-order valence-corrected chi connectivity index (χ4v) is 3.01. The zero-order valence-electron chi connectivity index (χ0n) is 13.8. The summed E-state index contributed by atoms with van der Waals surface area (Å²) in [6.07, 6.45) is 7.08. The van der Waals surface area contributed by atoms with Crippen LogP contribution in [0.3, 0.4) is 0 Å². The molecule has 2 aromatic rings. The number of amides is 1. The van der Waals surface area contributed by atoms with E-state index in [1.807, 2.05) is 13.0 Å². The Labute approximate surface area is 141 Å². The highest BCUT2D eigenvalue weighted by Crippen LogP contribution is 2.19. The van der Waals surface area contributed by atoms with Gasteiger partial charge in [-0.15, -0.1) is 0 Å². The third-order valence-electron chi connectivity index (χ3n) is 4.35. The van der Waals surface area contributed by atoms with E-state index in [9.17, 15) is 9.18 Å². The van der Waals surface area contributed by atoms with Gasteiger partial charge in [-0.05, 0) is 37.5 Å². The van der Waals surface area contributed by atoms with E-state index in [-0.39, 0.29) is 23.9 Å². The number of carbonyl (C=O) groups is 1. The molecule has 1 saturated heterocycles. The number of hydrogen-bond donors (Lipinski definition) is 0. The molecule has 128 valence electrons. The second-order valence-corrected chi connectivity index (χ2v) is 6.17. The first-order valence-electron chi connectivity index (χ1n) is 8.26. The maximum atomic E-state index is 13.5. The molecule has 1 aliphatic rings. The Morgan fingerprint density at radius 2 is 2.42 bits per heavy atom. The van der Waals surface area contributed by atoms with Gasteiger partial charge in [0.25, 0.3) is 0 Å². The zero-order chi connectivity index (χ0) is 16.9. The molecule has 2 heterocycles. The summed E-state index contributed by atoms with van der Waals surface area (Å²) in [6, 6.07) is 6.02. The molecule has 1 aromatic heterocycles. The Balaban J connectivity index is 1.76. The van der Waals surface area contributed by atoms with Crippen molar-refractivity contribution in [3.8, 4) is 0 Å². The number of carbonyl (C=O) groups excluding carboxylic acids is 1. The summed E-state index contributed by atoms with van der Waals surface area (Å²) in [6.45, 7) is 3.48. The minimum absolute atomic E-state index is 0.0206. The minimum Gasteiger partial charge on any atom is -0.376 e. The van der Waals surface area contributed by atoms with Gasteiger partial charge in [0.05, 0.1) is 12.4 Å². The highest BCUT2D eigenvalue weighted by molar-refractivity contribution is 5.80. The number of imidazole rings is 1. The van der Waals surface area contributed by atoms with Crippen molar-refractivity contribution in [2.24, 2.45) is 0 Å². The molecule has 24 heavy (non-hydrogen) atoms. The van der Waals surface area contributed by atoms with Crippen LogP contribution in [0.25, 0.3) is 0 Å². The van der Waals surface area contributed by atoms with Crippen molar-refractivity contribution >= 4 is 5.91 Å². The molecule has 2 atom stereocenters. The van der Waals surface area contributed by atoms with Crippen molar-refractivity contribution in [3.05, 3.63) is 54.4 Å². The zero-order valence-corrected chi connectivity index (χ0v) is 13.8. The first kappa shape index (κ1) is 16.6. The average Bonchev–Trinajstić information content (AvgIpc) is 3.26. The van der Waals surface area contributed by atoms with Crippen molar-refractivity contribution in [2.75, 3.05) is 13.2 Å². The van der Waals surface area contributed by atoms with Crippen LogP contribution in [-0.4, -0.2) is 39.6 Å². The summed E-state index contributed by atoms with van der Waals surface area (Å²) in [5, 5.41) is 0. The van der Waals surface area contributed by atoms with E-state index < -0.39 is 0 Å². The van der Waals surface area contributed by atoms with Crippen molar-refractivity contribution in [3.63, 3.8) is 0 Å². The molecule has 0 aliphatic carbocycles. The van der Waals surface area contributed by atoms with Crippen LogP contribution in [0.4, 0.5) is 4.39 Å². The van der Waals surface area contributed by atoms with Crippen LogP contribution < -0.4 is 0 Å².